The molecule has 3 N–H and O–H groups in total. The van der Waals surface area contributed by atoms with Gasteiger partial charge >= 0.3 is 5.97 Å². The van der Waals surface area contributed by atoms with E-state index in [0.717, 1.165) is 5.39 Å². The van der Waals surface area contributed by atoms with Crippen molar-refractivity contribution >= 4 is 22.8 Å². The zero-order valence-electron chi connectivity index (χ0n) is 9.45. The van der Waals surface area contributed by atoms with Gasteiger partial charge in [-0.05, 0) is 6.07 Å². The van der Waals surface area contributed by atoms with Crippen LogP contribution in [0.4, 0.5) is 5.82 Å². The number of aliphatic carboxylic acids is 1. The molecule has 0 aliphatic carbocycles. The van der Waals surface area contributed by atoms with Crippen LogP contribution in [0.1, 0.15) is 6.42 Å². The van der Waals surface area contributed by atoms with Gasteiger partial charge in [0.05, 0.1) is 11.5 Å². The molecule has 2 aromatic heterocycles. The molecule has 1 saturated heterocycles. The van der Waals surface area contributed by atoms with Gasteiger partial charge in [-0.25, -0.2) is 14.8 Å². The van der Waals surface area contributed by atoms with Crippen LogP contribution in [-0.4, -0.2) is 49.8 Å². The number of nitrogens with zero attached hydrogens (tertiary/aromatic N) is 3. The van der Waals surface area contributed by atoms with E-state index >= 15 is 0 Å². The van der Waals surface area contributed by atoms with Crippen molar-refractivity contribution in [1.29, 1.82) is 0 Å². The van der Waals surface area contributed by atoms with E-state index in [2.05, 4.69) is 15.0 Å². The maximum Gasteiger partial charge on any atom is 0.326 e. The van der Waals surface area contributed by atoms with Crippen LogP contribution in [0.2, 0.25) is 0 Å². The molecule has 0 unspecified atom stereocenters. The normalized spacial score (nSPS) is 23.7. The number of carboxylic acids is 1. The molecule has 0 saturated carbocycles. The fourth-order valence-corrected chi connectivity index (χ4v) is 2.37. The molecule has 3 heterocycles. The summed E-state index contributed by atoms with van der Waals surface area (Å²) in [5.74, 6) is -0.404. The van der Waals surface area contributed by atoms with Gasteiger partial charge in [0.25, 0.3) is 0 Å². The number of nitrogens with one attached hydrogen (secondary N) is 1. The summed E-state index contributed by atoms with van der Waals surface area (Å²) in [5.41, 5.74) is 0.658. The van der Waals surface area contributed by atoms with Gasteiger partial charge in [-0.1, -0.05) is 0 Å². The molecule has 7 nitrogen and oxygen atoms in total. The number of rotatable bonds is 2. The van der Waals surface area contributed by atoms with Crippen molar-refractivity contribution in [2.24, 2.45) is 0 Å². The number of aromatic nitrogens is 3. The number of carboxylic acid groups (broad SMARTS) is 1. The zero-order chi connectivity index (χ0) is 12.7. The van der Waals surface area contributed by atoms with Gasteiger partial charge in [-0.15, -0.1) is 0 Å². The van der Waals surface area contributed by atoms with Gasteiger partial charge in [-0.2, -0.15) is 0 Å². The number of fused-ring (bicyclic) bond motifs is 1. The van der Waals surface area contributed by atoms with E-state index < -0.39 is 18.1 Å². The van der Waals surface area contributed by atoms with Gasteiger partial charge < -0.3 is 20.1 Å². The first-order valence-electron chi connectivity index (χ1n) is 5.62. The Bertz CT molecular complexity index is 597. The third-order valence-electron chi connectivity index (χ3n) is 3.17. The topological polar surface area (TPSA) is 102 Å². The first kappa shape index (κ1) is 11.0. The Hall–Kier alpha value is -2.15. The largest absolute Gasteiger partial charge is 0.480 e. The number of H-pyrrole nitrogens is 1. The molecule has 7 heteroatoms. The number of hydrogen-bond donors (Lipinski definition) is 3. The third-order valence-corrected chi connectivity index (χ3v) is 3.17. The summed E-state index contributed by atoms with van der Waals surface area (Å²) in [6.07, 6.45) is 2.68. The summed E-state index contributed by atoms with van der Waals surface area (Å²) in [6, 6.07) is 1.06. The van der Waals surface area contributed by atoms with Crippen molar-refractivity contribution in [3.05, 3.63) is 18.6 Å². The van der Waals surface area contributed by atoms with Crippen LogP contribution in [0, 0.1) is 0 Å². The van der Waals surface area contributed by atoms with Gasteiger partial charge in [-0.3, -0.25) is 0 Å². The SMILES string of the molecule is O=C(O)[C@H]1C[C@@H](O)CN1c1ncnc2[nH]ccc12. The first-order valence-corrected chi connectivity index (χ1v) is 5.62. The highest BCUT2D eigenvalue weighted by molar-refractivity contribution is 5.90. The van der Waals surface area contributed by atoms with E-state index in [-0.39, 0.29) is 13.0 Å². The monoisotopic (exact) mass is 248 g/mol. The number of aliphatic hydroxyl groups excluding tert-OH is 1. The van der Waals surface area contributed by atoms with E-state index in [9.17, 15) is 15.0 Å². The second kappa shape index (κ2) is 3.95. The van der Waals surface area contributed by atoms with Crippen molar-refractivity contribution in [2.45, 2.75) is 18.6 Å². The fraction of sp³-hybridized carbons (Fsp3) is 0.364. The van der Waals surface area contributed by atoms with Gasteiger partial charge in [0, 0.05) is 19.2 Å². The first-order chi connectivity index (χ1) is 8.66. The van der Waals surface area contributed by atoms with E-state index in [1.807, 2.05) is 0 Å². The number of aromatic amines is 1. The second-order valence-corrected chi connectivity index (χ2v) is 4.33. The number of carbonyl (C=O) groups is 1. The molecule has 2 atom stereocenters. The number of anilines is 1. The van der Waals surface area contributed by atoms with Crippen LogP contribution in [0.5, 0.6) is 0 Å². The van der Waals surface area contributed by atoms with Crippen LogP contribution >= 0.6 is 0 Å². The molecule has 1 aliphatic rings. The molecule has 1 aliphatic heterocycles. The van der Waals surface area contributed by atoms with Crippen LogP contribution in [0.25, 0.3) is 11.0 Å². The van der Waals surface area contributed by atoms with E-state index in [1.54, 1.807) is 17.2 Å². The lowest BCUT2D eigenvalue weighted by Gasteiger charge is -2.22. The molecule has 18 heavy (non-hydrogen) atoms. The van der Waals surface area contributed by atoms with Gasteiger partial charge in [0.1, 0.15) is 23.8 Å². The molecule has 0 amide bonds. The summed E-state index contributed by atoms with van der Waals surface area (Å²) < 4.78 is 0. The standard InChI is InChI=1S/C11H12N4O3/c16-6-3-8(11(17)18)15(4-6)10-7-1-2-12-9(7)13-5-14-10/h1-2,5-6,8,16H,3-4H2,(H,17,18)(H,12,13,14)/t6-,8-/m1/s1. The molecular weight excluding hydrogens is 236 g/mol. The van der Waals surface area contributed by atoms with E-state index in [4.69, 9.17) is 0 Å². The maximum absolute atomic E-state index is 11.2. The lowest BCUT2D eigenvalue weighted by Crippen LogP contribution is -2.36. The molecule has 94 valence electrons. The molecule has 1 fully saturated rings. The highest BCUT2D eigenvalue weighted by atomic mass is 16.4. The second-order valence-electron chi connectivity index (χ2n) is 4.33. The summed E-state index contributed by atoms with van der Waals surface area (Å²) in [5, 5.41) is 19.6. The summed E-state index contributed by atoms with van der Waals surface area (Å²) in [4.78, 5) is 24.0. The lowest BCUT2D eigenvalue weighted by atomic mass is 10.2. The molecule has 2 aromatic rings. The van der Waals surface area contributed by atoms with Crippen LogP contribution in [-0.2, 0) is 4.79 Å². The minimum atomic E-state index is -0.950. The van der Waals surface area contributed by atoms with E-state index in [1.165, 1.54) is 6.33 Å². The number of aliphatic hydroxyl groups is 1. The average Bonchev–Trinajstić information content (AvgIpc) is 2.94. The molecule has 0 aromatic carbocycles. The number of hydrogen-bond acceptors (Lipinski definition) is 5. The van der Waals surface area contributed by atoms with Crippen LogP contribution < -0.4 is 4.90 Å². The Kier molecular flexibility index (Phi) is 2.41. The van der Waals surface area contributed by atoms with Crippen molar-refractivity contribution in [3.63, 3.8) is 0 Å². The lowest BCUT2D eigenvalue weighted by molar-refractivity contribution is -0.138. The Morgan fingerprint density at radius 2 is 2.33 bits per heavy atom. The van der Waals surface area contributed by atoms with Crippen molar-refractivity contribution < 1.29 is 15.0 Å². The summed E-state index contributed by atoms with van der Waals surface area (Å²) in [7, 11) is 0. The van der Waals surface area contributed by atoms with Crippen LogP contribution in [0.3, 0.4) is 0 Å². The molecule has 3 rings (SSSR count). The molecular formula is C11H12N4O3. The number of β-amino-alcohol motifs (C(OH)–C–C–N with tert-alkyl or cyclic N) is 1. The highest BCUT2D eigenvalue weighted by Crippen LogP contribution is 2.29. The van der Waals surface area contributed by atoms with Gasteiger partial charge in [0.15, 0.2) is 0 Å². The summed E-state index contributed by atoms with van der Waals surface area (Å²) in [6.45, 7) is 0.272. The van der Waals surface area contributed by atoms with Crippen molar-refractivity contribution in [2.75, 3.05) is 11.4 Å². The van der Waals surface area contributed by atoms with E-state index in [0.29, 0.717) is 11.5 Å². The highest BCUT2D eigenvalue weighted by Gasteiger charge is 2.37. The predicted octanol–water partition coefficient (Wildman–Crippen LogP) is -0.0179. The third kappa shape index (κ3) is 1.60. The Balaban J connectivity index is 2.08. The Labute approximate surface area is 102 Å². The molecule has 0 spiro atoms. The van der Waals surface area contributed by atoms with Crippen LogP contribution in [0.15, 0.2) is 18.6 Å². The Morgan fingerprint density at radius 3 is 3.11 bits per heavy atom. The quantitative estimate of drug-likeness (QED) is 0.690. The molecule has 0 bridgehead atoms. The van der Waals surface area contributed by atoms with Crippen molar-refractivity contribution in [3.8, 4) is 0 Å². The Morgan fingerprint density at radius 1 is 1.50 bits per heavy atom. The fourth-order valence-electron chi connectivity index (χ4n) is 2.37. The van der Waals surface area contributed by atoms with Crippen molar-refractivity contribution in [1.82, 2.24) is 15.0 Å². The average molecular weight is 248 g/mol. The molecule has 0 radical (unpaired) electrons. The predicted molar refractivity (Wildman–Crippen MR) is 63.3 cm³/mol. The maximum atomic E-state index is 11.2. The van der Waals surface area contributed by atoms with Gasteiger partial charge in [0.2, 0.25) is 0 Å². The smallest absolute Gasteiger partial charge is 0.326 e. The minimum Gasteiger partial charge on any atom is -0.480 e. The summed E-state index contributed by atoms with van der Waals surface area (Å²) >= 11 is 0. The minimum absolute atomic E-state index is 0.214. The zero-order valence-corrected chi connectivity index (χ0v) is 9.45.